The van der Waals surface area contributed by atoms with Gasteiger partial charge in [-0.05, 0) is 49.4 Å². The van der Waals surface area contributed by atoms with E-state index in [4.69, 9.17) is 27.9 Å². The zero-order valence-electron chi connectivity index (χ0n) is 14.5. The third-order valence-electron chi connectivity index (χ3n) is 4.15. The van der Waals surface area contributed by atoms with Crippen molar-refractivity contribution >= 4 is 46.2 Å². The van der Waals surface area contributed by atoms with Gasteiger partial charge in [-0.2, -0.15) is 0 Å². The van der Waals surface area contributed by atoms with Crippen molar-refractivity contribution in [1.29, 1.82) is 0 Å². The van der Waals surface area contributed by atoms with Crippen LogP contribution in [0.5, 0.6) is 0 Å². The fourth-order valence-corrected chi connectivity index (χ4v) is 3.31. The van der Waals surface area contributed by atoms with Crippen LogP contribution in [-0.4, -0.2) is 38.3 Å². The van der Waals surface area contributed by atoms with Crippen molar-refractivity contribution in [2.45, 2.75) is 13.0 Å². The number of nitrogens with one attached hydrogen (secondary N) is 2. The fourth-order valence-electron chi connectivity index (χ4n) is 2.78. The quantitative estimate of drug-likeness (QED) is 0.796. The summed E-state index contributed by atoms with van der Waals surface area (Å²) in [5.74, 6) is -0.166. The number of benzene rings is 2. The minimum Gasteiger partial charge on any atom is -0.378 e. The molecule has 7 heteroatoms. The van der Waals surface area contributed by atoms with Crippen molar-refractivity contribution in [3.8, 4) is 0 Å². The van der Waals surface area contributed by atoms with E-state index >= 15 is 0 Å². The summed E-state index contributed by atoms with van der Waals surface area (Å²) < 4.78 is 5.37. The summed E-state index contributed by atoms with van der Waals surface area (Å²) in [7, 11) is 0. The summed E-state index contributed by atoms with van der Waals surface area (Å²) in [5, 5.41) is 6.97. The molecular formula is C19H21Cl2N3O2. The van der Waals surface area contributed by atoms with Crippen molar-refractivity contribution in [3.05, 3.63) is 52.5 Å². The second-order valence-electron chi connectivity index (χ2n) is 6.16. The molecule has 0 unspecified atom stereocenters. The molecule has 1 saturated heterocycles. The van der Waals surface area contributed by atoms with Crippen molar-refractivity contribution in [2.24, 2.45) is 0 Å². The number of rotatable bonds is 5. The summed E-state index contributed by atoms with van der Waals surface area (Å²) in [4.78, 5) is 14.7. The van der Waals surface area contributed by atoms with E-state index in [0.717, 1.165) is 37.7 Å². The lowest BCUT2D eigenvalue weighted by Crippen LogP contribution is -2.36. The lowest BCUT2D eigenvalue weighted by Gasteiger charge is -2.29. The van der Waals surface area contributed by atoms with Crippen molar-refractivity contribution in [2.75, 3.05) is 41.8 Å². The van der Waals surface area contributed by atoms with Crippen LogP contribution < -0.4 is 15.5 Å². The molecule has 1 heterocycles. The zero-order valence-corrected chi connectivity index (χ0v) is 16.0. The molecule has 5 nitrogen and oxygen atoms in total. The monoisotopic (exact) mass is 393 g/mol. The summed E-state index contributed by atoms with van der Waals surface area (Å²) in [6, 6.07) is 12.6. The molecule has 0 bridgehead atoms. The van der Waals surface area contributed by atoms with E-state index in [9.17, 15) is 4.79 Å². The number of halogens is 2. The molecule has 1 aliphatic heterocycles. The number of carbonyl (C=O) groups is 1. The number of morpholine rings is 1. The normalized spacial score (nSPS) is 15.4. The maximum absolute atomic E-state index is 12.4. The molecule has 0 aromatic heterocycles. The van der Waals surface area contributed by atoms with Crippen LogP contribution in [0.25, 0.3) is 0 Å². The number of hydrogen-bond donors (Lipinski definition) is 2. The maximum Gasteiger partial charge on any atom is 0.246 e. The Balaban J connectivity index is 1.58. The van der Waals surface area contributed by atoms with Crippen LogP contribution >= 0.6 is 23.2 Å². The predicted octanol–water partition coefficient (Wildman–Crippen LogP) is 4.27. The Morgan fingerprint density at radius 1 is 1.04 bits per heavy atom. The van der Waals surface area contributed by atoms with Crippen LogP contribution in [0.1, 0.15) is 6.92 Å². The van der Waals surface area contributed by atoms with Gasteiger partial charge in [-0.15, -0.1) is 0 Å². The molecule has 26 heavy (non-hydrogen) atoms. The Morgan fingerprint density at radius 3 is 2.27 bits per heavy atom. The molecule has 138 valence electrons. The summed E-state index contributed by atoms with van der Waals surface area (Å²) >= 11 is 11.9. The summed E-state index contributed by atoms with van der Waals surface area (Å²) in [5.41, 5.74) is 2.61. The first-order valence-corrected chi connectivity index (χ1v) is 9.23. The number of hydrogen-bond acceptors (Lipinski definition) is 4. The van der Waals surface area contributed by atoms with Gasteiger partial charge in [-0.3, -0.25) is 4.79 Å². The van der Waals surface area contributed by atoms with Crippen molar-refractivity contribution < 1.29 is 9.53 Å². The second-order valence-corrected chi connectivity index (χ2v) is 7.03. The summed E-state index contributed by atoms with van der Waals surface area (Å²) in [6.07, 6.45) is 0. The van der Waals surface area contributed by atoms with Crippen LogP contribution in [0.2, 0.25) is 10.0 Å². The van der Waals surface area contributed by atoms with Gasteiger partial charge in [0.05, 0.1) is 13.2 Å². The van der Waals surface area contributed by atoms with Crippen LogP contribution in [0, 0.1) is 0 Å². The molecule has 2 N–H and O–H groups in total. The average molecular weight is 394 g/mol. The van der Waals surface area contributed by atoms with Gasteiger partial charge in [0.2, 0.25) is 5.91 Å². The second kappa shape index (κ2) is 8.62. The third-order valence-corrected chi connectivity index (χ3v) is 4.59. The largest absolute Gasteiger partial charge is 0.378 e. The minimum atomic E-state index is -0.415. The van der Waals surface area contributed by atoms with Crippen LogP contribution in [-0.2, 0) is 9.53 Å². The molecule has 0 radical (unpaired) electrons. The van der Waals surface area contributed by atoms with Crippen molar-refractivity contribution in [3.63, 3.8) is 0 Å². The topological polar surface area (TPSA) is 53.6 Å². The summed E-state index contributed by atoms with van der Waals surface area (Å²) in [6.45, 7) is 5.11. The number of anilines is 3. The molecule has 1 fully saturated rings. The van der Waals surface area contributed by atoms with E-state index in [0.29, 0.717) is 15.7 Å². The number of amides is 1. The molecule has 1 atom stereocenters. The Morgan fingerprint density at radius 2 is 1.65 bits per heavy atom. The molecule has 3 rings (SSSR count). The van der Waals surface area contributed by atoms with Gasteiger partial charge in [-0.1, -0.05) is 23.2 Å². The highest BCUT2D eigenvalue weighted by Crippen LogP contribution is 2.23. The van der Waals surface area contributed by atoms with Gasteiger partial charge in [0.1, 0.15) is 6.04 Å². The van der Waals surface area contributed by atoms with Crippen molar-refractivity contribution in [1.82, 2.24) is 0 Å². The van der Waals surface area contributed by atoms with Crippen LogP contribution in [0.4, 0.5) is 17.1 Å². The Labute approximate surface area is 163 Å². The zero-order chi connectivity index (χ0) is 18.5. The van der Waals surface area contributed by atoms with Gasteiger partial charge in [0.25, 0.3) is 0 Å². The van der Waals surface area contributed by atoms with E-state index in [1.807, 2.05) is 12.1 Å². The molecule has 0 spiro atoms. The van der Waals surface area contributed by atoms with Gasteiger partial charge in [-0.25, -0.2) is 0 Å². The maximum atomic E-state index is 12.4. The van der Waals surface area contributed by atoms with Gasteiger partial charge >= 0.3 is 0 Å². The first-order valence-electron chi connectivity index (χ1n) is 8.47. The smallest absolute Gasteiger partial charge is 0.246 e. The Hall–Kier alpha value is -1.95. The lowest BCUT2D eigenvalue weighted by molar-refractivity contribution is -0.116. The first-order chi connectivity index (χ1) is 12.5. The molecule has 1 amide bonds. The SMILES string of the molecule is C[C@H](Nc1ccc(N2CCOCC2)cc1)C(=O)Nc1cc(Cl)cc(Cl)c1. The number of nitrogens with zero attached hydrogens (tertiary/aromatic N) is 1. The highest BCUT2D eigenvalue weighted by atomic mass is 35.5. The predicted molar refractivity (Wildman–Crippen MR) is 108 cm³/mol. The minimum absolute atomic E-state index is 0.166. The number of carbonyl (C=O) groups excluding carboxylic acids is 1. The number of ether oxygens (including phenoxy) is 1. The third kappa shape index (κ3) is 5.04. The van der Waals surface area contributed by atoms with Gasteiger partial charge in [0, 0.05) is 40.2 Å². The van der Waals surface area contributed by atoms with E-state index < -0.39 is 6.04 Å². The average Bonchev–Trinajstić information content (AvgIpc) is 2.62. The standard InChI is InChI=1S/C19H21Cl2N3O2/c1-13(19(25)23-17-11-14(20)10-15(21)12-17)22-16-2-4-18(5-3-16)24-6-8-26-9-7-24/h2-5,10-13,22H,6-9H2,1H3,(H,23,25)/t13-/m0/s1. The highest BCUT2D eigenvalue weighted by molar-refractivity contribution is 6.35. The highest BCUT2D eigenvalue weighted by Gasteiger charge is 2.14. The van der Waals surface area contributed by atoms with Crippen LogP contribution in [0.15, 0.2) is 42.5 Å². The molecule has 1 aliphatic rings. The molecule has 2 aromatic rings. The van der Waals surface area contributed by atoms with E-state index in [1.54, 1.807) is 25.1 Å². The molecule has 2 aromatic carbocycles. The van der Waals surface area contributed by atoms with E-state index in [2.05, 4.69) is 27.7 Å². The van der Waals surface area contributed by atoms with Gasteiger partial charge in [0.15, 0.2) is 0 Å². The van der Waals surface area contributed by atoms with E-state index in [1.165, 1.54) is 0 Å². The van der Waals surface area contributed by atoms with E-state index in [-0.39, 0.29) is 5.91 Å². The molecule has 0 saturated carbocycles. The fraction of sp³-hybridized carbons (Fsp3) is 0.316. The first kappa shape index (κ1) is 18.8. The van der Waals surface area contributed by atoms with Gasteiger partial charge < -0.3 is 20.3 Å². The van der Waals surface area contributed by atoms with Crippen LogP contribution in [0.3, 0.4) is 0 Å². The molecule has 0 aliphatic carbocycles. The molecular weight excluding hydrogens is 373 g/mol. The lowest BCUT2D eigenvalue weighted by atomic mass is 10.2. The Bertz CT molecular complexity index is 742. The Kier molecular flexibility index (Phi) is 6.25.